The minimum absolute atomic E-state index is 0.361. The van der Waals surface area contributed by atoms with Crippen molar-refractivity contribution in [2.75, 3.05) is 32.2 Å². The average Bonchev–Trinajstić information content (AvgIpc) is 2.68. The summed E-state index contributed by atoms with van der Waals surface area (Å²) in [4.78, 5) is 23.9. The highest BCUT2D eigenvalue weighted by atomic mass is 16.6. The van der Waals surface area contributed by atoms with Gasteiger partial charge in [-0.2, -0.15) is 0 Å². The van der Waals surface area contributed by atoms with Crippen LogP contribution in [-0.4, -0.2) is 38.7 Å². The van der Waals surface area contributed by atoms with Crippen molar-refractivity contribution in [2.45, 2.75) is 6.42 Å². The average molecular weight is 356 g/mol. The predicted molar refractivity (Wildman–Crippen MR) is 95.8 cm³/mol. The first-order chi connectivity index (χ1) is 12.7. The molecule has 1 aliphatic heterocycles. The van der Waals surface area contributed by atoms with Crippen molar-refractivity contribution in [1.82, 2.24) is 5.32 Å². The number of fused-ring (bicyclic) bond motifs is 1. The number of rotatable bonds is 5. The summed E-state index contributed by atoms with van der Waals surface area (Å²) in [7, 11) is 1.61. The number of anilines is 1. The molecule has 0 fully saturated rings. The summed E-state index contributed by atoms with van der Waals surface area (Å²) in [5.41, 5.74) is 1.52. The van der Waals surface area contributed by atoms with E-state index in [9.17, 15) is 9.59 Å². The standard InChI is InChI=1S/C19H20N2O5/c1-24-15-5-2-13(3-6-15)8-9-20-18(22)19(23)21-14-4-7-16-17(12-14)26-11-10-25-16/h2-7,12H,8-11H2,1H3,(H,20,22)(H,21,23). The number of amides is 2. The molecular weight excluding hydrogens is 336 g/mol. The third-order valence-corrected chi connectivity index (χ3v) is 3.86. The number of methoxy groups -OCH3 is 1. The van der Waals surface area contributed by atoms with Gasteiger partial charge < -0.3 is 24.8 Å². The van der Waals surface area contributed by atoms with E-state index >= 15 is 0 Å². The molecule has 26 heavy (non-hydrogen) atoms. The fourth-order valence-corrected chi connectivity index (χ4v) is 2.50. The highest BCUT2D eigenvalue weighted by Crippen LogP contribution is 2.32. The van der Waals surface area contributed by atoms with E-state index in [2.05, 4.69) is 10.6 Å². The minimum atomic E-state index is -0.726. The number of carbonyl (C=O) groups is 2. The van der Waals surface area contributed by atoms with E-state index in [1.807, 2.05) is 24.3 Å². The molecule has 2 amide bonds. The molecule has 0 unspecified atom stereocenters. The summed E-state index contributed by atoms with van der Waals surface area (Å²) in [6.45, 7) is 1.31. The van der Waals surface area contributed by atoms with Crippen LogP contribution in [0, 0.1) is 0 Å². The van der Waals surface area contributed by atoms with E-state index < -0.39 is 11.8 Å². The van der Waals surface area contributed by atoms with Gasteiger partial charge in [-0.25, -0.2) is 0 Å². The molecule has 2 aromatic carbocycles. The van der Waals surface area contributed by atoms with Gasteiger partial charge in [-0.15, -0.1) is 0 Å². The van der Waals surface area contributed by atoms with Gasteiger partial charge in [0.2, 0.25) is 0 Å². The second-order valence-corrected chi connectivity index (χ2v) is 5.67. The Labute approximate surface area is 151 Å². The summed E-state index contributed by atoms with van der Waals surface area (Å²) < 4.78 is 16.0. The number of benzene rings is 2. The lowest BCUT2D eigenvalue weighted by molar-refractivity contribution is -0.136. The molecule has 7 heteroatoms. The molecule has 0 spiro atoms. The summed E-state index contributed by atoms with van der Waals surface area (Å²) in [6.07, 6.45) is 0.618. The molecule has 136 valence electrons. The van der Waals surface area contributed by atoms with Crippen molar-refractivity contribution in [3.8, 4) is 17.2 Å². The van der Waals surface area contributed by atoms with Crippen LogP contribution in [0.2, 0.25) is 0 Å². The van der Waals surface area contributed by atoms with Gasteiger partial charge in [0.15, 0.2) is 11.5 Å². The third kappa shape index (κ3) is 4.44. The van der Waals surface area contributed by atoms with Crippen LogP contribution >= 0.6 is 0 Å². The Hall–Kier alpha value is -3.22. The van der Waals surface area contributed by atoms with Gasteiger partial charge in [0.25, 0.3) is 0 Å². The van der Waals surface area contributed by atoms with Crippen molar-refractivity contribution < 1.29 is 23.8 Å². The lowest BCUT2D eigenvalue weighted by Crippen LogP contribution is -2.36. The molecule has 0 radical (unpaired) electrons. The zero-order chi connectivity index (χ0) is 18.4. The molecule has 0 saturated carbocycles. The highest BCUT2D eigenvalue weighted by Gasteiger charge is 2.16. The lowest BCUT2D eigenvalue weighted by atomic mass is 10.1. The fourth-order valence-electron chi connectivity index (χ4n) is 2.50. The number of hydrogen-bond donors (Lipinski definition) is 2. The van der Waals surface area contributed by atoms with Crippen LogP contribution in [0.4, 0.5) is 5.69 Å². The van der Waals surface area contributed by atoms with Crippen LogP contribution in [0.5, 0.6) is 17.2 Å². The van der Waals surface area contributed by atoms with E-state index in [4.69, 9.17) is 14.2 Å². The Morgan fingerprint density at radius 3 is 2.46 bits per heavy atom. The Kier molecular flexibility index (Phi) is 5.58. The fraction of sp³-hybridized carbons (Fsp3) is 0.263. The maximum absolute atomic E-state index is 12.0. The van der Waals surface area contributed by atoms with Gasteiger partial charge in [-0.1, -0.05) is 12.1 Å². The number of hydrogen-bond acceptors (Lipinski definition) is 5. The Bertz CT molecular complexity index is 789. The molecule has 0 atom stereocenters. The molecule has 0 aromatic heterocycles. The molecule has 1 heterocycles. The van der Waals surface area contributed by atoms with Gasteiger partial charge in [-0.05, 0) is 36.2 Å². The van der Waals surface area contributed by atoms with Crippen LogP contribution in [0.15, 0.2) is 42.5 Å². The minimum Gasteiger partial charge on any atom is -0.497 e. The second-order valence-electron chi connectivity index (χ2n) is 5.67. The number of nitrogens with one attached hydrogen (secondary N) is 2. The van der Waals surface area contributed by atoms with E-state index in [1.54, 1.807) is 25.3 Å². The van der Waals surface area contributed by atoms with Crippen LogP contribution in [0.3, 0.4) is 0 Å². The maximum Gasteiger partial charge on any atom is 0.313 e. The largest absolute Gasteiger partial charge is 0.497 e. The molecule has 2 aromatic rings. The van der Waals surface area contributed by atoms with Crippen LogP contribution < -0.4 is 24.8 Å². The predicted octanol–water partition coefficient (Wildman–Crippen LogP) is 1.76. The normalized spacial score (nSPS) is 12.2. The molecule has 7 nitrogen and oxygen atoms in total. The zero-order valence-corrected chi connectivity index (χ0v) is 14.4. The number of ether oxygens (including phenoxy) is 3. The van der Waals surface area contributed by atoms with Crippen LogP contribution in [0.1, 0.15) is 5.56 Å². The van der Waals surface area contributed by atoms with Gasteiger partial charge in [0, 0.05) is 18.3 Å². The summed E-state index contributed by atoms with van der Waals surface area (Å²) >= 11 is 0. The molecule has 1 aliphatic rings. The van der Waals surface area contributed by atoms with Gasteiger partial charge in [0.1, 0.15) is 19.0 Å². The Balaban J connectivity index is 1.47. The molecule has 0 bridgehead atoms. The Morgan fingerprint density at radius 2 is 1.73 bits per heavy atom. The second kappa shape index (κ2) is 8.24. The van der Waals surface area contributed by atoms with Crippen molar-refractivity contribution in [2.24, 2.45) is 0 Å². The molecular formula is C19H20N2O5. The van der Waals surface area contributed by atoms with Crippen LogP contribution in [0.25, 0.3) is 0 Å². The first-order valence-electron chi connectivity index (χ1n) is 8.27. The highest BCUT2D eigenvalue weighted by molar-refractivity contribution is 6.39. The zero-order valence-electron chi connectivity index (χ0n) is 14.4. The van der Waals surface area contributed by atoms with E-state index in [0.29, 0.717) is 43.4 Å². The van der Waals surface area contributed by atoms with E-state index in [1.165, 1.54) is 0 Å². The first-order valence-corrected chi connectivity index (χ1v) is 8.27. The van der Waals surface area contributed by atoms with Crippen molar-refractivity contribution in [1.29, 1.82) is 0 Å². The topological polar surface area (TPSA) is 85.9 Å². The molecule has 0 saturated heterocycles. The summed E-state index contributed by atoms with van der Waals surface area (Å²) in [5.74, 6) is 0.536. The van der Waals surface area contributed by atoms with Gasteiger partial charge >= 0.3 is 11.8 Å². The van der Waals surface area contributed by atoms with E-state index in [-0.39, 0.29) is 0 Å². The van der Waals surface area contributed by atoms with Crippen molar-refractivity contribution in [3.63, 3.8) is 0 Å². The summed E-state index contributed by atoms with van der Waals surface area (Å²) in [5, 5.41) is 5.16. The molecule has 0 aliphatic carbocycles. The van der Waals surface area contributed by atoms with Crippen LogP contribution in [-0.2, 0) is 16.0 Å². The SMILES string of the molecule is COc1ccc(CCNC(=O)C(=O)Nc2ccc3c(c2)OCCO3)cc1. The molecule has 2 N–H and O–H groups in total. The summed E-state index contributed by atoms with van der Waals surface area (Å²) in [6, 6.07) is 12.5. The Morgan fingerprint density at radius 1 is 1.00 bits per heavy atom. The van der Waals surface area contributed by atoms with Gasteiger partial charge in [0.05, 0.1) is 7.11 Å². The lowest BCUT2D eigenvalue weighted by Gasteiger charge is -2.18. The maximum atomic E-state index is 12.0. The quantitative estimate of drug-likeness (QED) is 0.798. The third-order valence-electron chi connectivity index (χ3n) is 3.86. The van der Waals surface area contributed by atoms with Crippen molar-refractivity contribution in [3.05, 3.63) is 48.0 Å². The van der Waals surface area contributed by atoms with Gasteiger partial charge in [-0.3, -0.25) is 9.59 Å². The monoisotopic (exact) mass is 356 g/mol. The smallest absolute Gasteiger partial charge is 0.313 e. The van der Waals surface area contributed by atoms with Crippen molar-refractivity contribution >= 4 is 17.5 Å². The van der Waals surface area contributed by atoms with E-state index in [0.717, 1.165) is 11.3 Å². The first kappa shape index (κ1) is 17.6. The number of carbonyl (C=O) groups excluding carboxylic acids is 2. The molecule has 3 rings (SSSR count).